The molecular weight excluding hydrogens is 266 g/mol. The minimum Gasteiger partial charge on any atom is -0.369 e. The lowest BCUT2D eigenvalue weighted by Gasteiger charge is -2.47. The minimum atomic E-state index is 0.0598. The Morgan fingerprint density at radius 3 is 2.80 bits per heavy atom. The summed E-state index contributed by atoms with van der Waals surface area (Å²) in [5.41, 5.74) is 9.07. The number of aryl methyl sites for hydroxylation is 1. The van der Waals surface area contributed by atoms with Gasteiger partial charge < -0.3 is 10.6 Å². The lowest BCUT2D eigenvalue weighted by Crippen LogP contribution is -2.58. The first-order chi connectivity index (χ1) is 9.42. The van der Waals surface area contributed by atoms with Crippen LogP contribution in [-0.4, -0.2) is 29.5 Å². The molecule has 0 saturated carbocycles. The summed E-state index contributed by atoms with van der Waals surface area (Å²) in [6.45, 7) is 7.65. The zero-order chi connectivity index (χ0) is 14.4. The largest absolute Gasteiger partial charge is 0.369 e. The maximum Gasteiger partial charge on any atom is 0.196 e. The van der Waals surface area contributed by atoms with Crippen LogP contribution in [-0.2, 0) is 0 Å². The number of benzene rings is 1. The van der Waals surface area contributed by atoms with Crippen LogP contribution in [0.3, 0.4) is 0 Å². The summed E-state index contributed by atoms with van der Waals surface area (Å²) in [5, 5.41) is 0. The van der Waals surface area contributed by atoms with Crippen LogP contribution in [0.1, 0.15) is 25.8 Å². The molecular formula is C16H23N3S. The second kappa shape index (κ2) is 4.69. The third-order valence-corrected chi connectivity index (χ3v) is 5.90. The van der Waals surface area contributed by atoms with E-state index in [1.807, 2.05) is 11.8 Å². The molecule has 1 spiro atoms. The van der Waals surface area contributed by atoms with E-state index in [9.17, 15) is 0 Å². The molecule has 4 heteroatoms. The van der Waals surface area contributed by atoms with Crippen molar-refractivity contribution in [3.63, 3.8) is 0 Å². The Labute approximate surface area is 125 Å². The molecule has 1 unspecified atom stereocenters. The molecule has 1 aromatic rings. The van der Waals surface area contributed by atoms with E-state index in [4.69, 9.17) is 5.73 Å². The van der Waals surface area contributed by atoms with Crippen LogP contribution < -0.4 is 10.6 Å². The second-order valence-electron chi connectivity index (χ2n) is 6.91. The average molecular weight is 289 g/mol. The van der Waals surface area contributed by atoms with Crippen molar-refractivity contribution >= 4 is 23.4 Å². The van der Waals surface area contributed by atoms with E-state index in [-0.39, 0.29) is 5.54 Å². The molecule has 1 aromatic carbocycles. The maximum absolute atomic E-state index is 6.22. The Morgan fingerprint density at radius 2 is 2.10 bits per heavy atom. The van der Waals surface area contributed by atoms with Gasteiger partial charge in [0.05, 0.1) is 12.1 Å². The van der Waals surface area contributed by atoms with Gasteiger partial charge in [0.15, 0.2) is 5.96 Å². The van der Waals surface area contributed by atoms with E-state index >= 15 is 0 Å². The van der Waals surface area contributed by atoms with E-state index in [2.05, 4.69) is 54.9 Å². The third-order valence-electron chi connectivity index (χ3n) is 4.17. The number of nitrogens with two attached hydrogens (primary N) is 1. The molecule has 0 amide bonds. The van der Waals surface area contributed by atoms with E-state index < -0.39 is 0 Å². The molecule has 3 rings (SSSR count). The smallest absolute Gasteiger partial charge is 0.196 e. The van der Waals surface area contributed by atoms with Gasteiger partial charge in [0.1, 0.15) is 0 Å². The molecule has 0 bridgehead atoms. The van der Waals surface area contributed by atoms with E-state index in [1.54, 1.807) is 0 Å². The molecule has 1 saturated heterocycles. The van der Waals surface area contributed by atoms with Crippen molar-refractivity contribution in [1.29, 1.82) is 0 Å². The lowest BCUT2D eigenvalue weighted by atomic mass is 9.79. The van der Waals surface area contributed by atoms with Crippen molar-refractivity contribution < 1.29 is 0 Å². The van der Waals surface area contributed by atoms with E-state index in [0.717, 1.165) is 18.7 Å². The molecule has 20 heavy (non-hydrogen) atoms. The van der Waals surface area contributed by atoms with Gasteiger partial charge in [-0.2, -0.15) is 11.8 Å². The van der Waals surface area contributed by atoms with Crippen LogP contribution in [0, 0.1) is 12.3 Å². The molecule has 3 nitrogen and oxygen atoms in total. The third kappa shape index (κ3) is 2.30. The lowest BCUT2D eigenvalue weighted by molar-refractivity contribution is 0.282. The van der Waals surface area contributed by atoms with Gasteiger partial charge in [0.2, 0.25) is 0 Å². The van der Waals surface area contributed by atoms with Crippen LogP contribution in [0.15, 0.2) is 29.3 Å². The number of rotatable bonds is 1. The molecule has 0 radical (unpaired) electrons. The Balaban J connectivity index is 2.00. The van der Waals surface area contributed by atoms with Gasteiger partial charge in [-0.05, 0) is 42.2 Å². The van der Waals surface area contributed by atoms with Crippen LogP contribution in [0.5, 0.6) is 0 Å². The standard InChI is InChI=1S/C16H23N3S/c1-12-5-4-6-13(7-12)19-14(17)18-9-16(19)8-15(2,3)10-20-11-16/h4-7H,8-11H2,1-3H3,(H2,17,18). The van der Waals surface area contributed by atoms with Crippen LogP contribution in [0.4, 0.5) is 5.69 Å². The number of thioether (sulfide) groups is 1. The highest BCUT2D eigenvalue weighted by Gasteiger charge is 2.48. The number of nitrogens with zero attached hydrogens (tertiary/aromatic N) is 2. The fourth-order valence-corrected chi connectivity index (χ4v) is 5.00. The van der Waals surface area contributed by atoms with Crippen LogP contribution in [0.2, 0.25) is 0 Å². The molecule has 2 aliphatic heterocycles. The molecule has 2 N–H and O–H groups in total. The molecule has 2 heterocycles. The number of hydrogen-bond acceptors (Lipinski definition) is 4. The summed E-state index contributed by atoms with van der Waals surface area (Å²) in [4.78, 5) is 6.86. The van der Waals surface area contributed by atoms with Crippen molar-refractivity contribution in [3.8, 4) is 0 Å². The predicted molar refractivity (Wildman–Crippen MR) is 88.6 cm³/mol. The summed E-state index contributed by atoms with van der Waals surface area (Å²) in [5.74, 6) is 3.00. The van der Waals surface area contributed by atoms with Crippen molar-refractivity contribution in [3.05, 3.63) is 29.8 Å². The first kappa shape index (κ1) is 13.8. The van der Waals surface area contributed by atoms with Crippen LogP contribution in [0.25, 0.3) is 0 Å². The fourth-order valence-electron chi connectivity index (χ4n) is 3.54. The maximum atomic E-state index is 6.22. The number of aliphatic imine (C=N–C) groups is 1. The molecule has 1 atom stereocenters. The Hall–Kier alpha value is -1.16. The molecule has 0 aliphatic carbocycles. The molecule has 108 valence electrons. The molecule has 0 aromatic heterocycles. The molecule has 2 aliphatic rings. The summed E-state index contributed by atoms with van der Waals surface area (Å²) < 4.78 is 0. The predicted octanol–water partition coefficient (Wildman–Crippen LogP) is 3.03. The Bertz CT molecular complexity index is 552. The van der Waals surface area contributed by atoms with Gasteiger partial charge in [-0.25, -0.2) is 0 Å². The van der Waals surface area contributed by atoms with Gasteiger partial charge in [-0.15, -0.1) is 0 Å². The SMILES string of the molecule is Cc1cccc(N2C(N)=NCC23CSCC(C)(C)C3)c1. The normalized spacial score (nSPS) is 28.8. The van der Waals surface area contributed by atoms with Gasteiger partial charge >= 0.3 is 0 Å². The zero-order valence-electron chi connectivity index (χ0n) is 12.5. The average Bonchev–Trinajstić information content (AvgIpc) is 2.64. The highest BCUT2D eigenvalue weighted by Crippen LogP contribution is 2.45. The summed E-state index contributed by atoms with van der Waals surface area (Å²) in [6.07, 6.45) is 1.14. The number of hydrogen-bond donors (Lipinski definition) is 1. The van der Waals surface area contributed by atoms with Gasteiger partial charge in [-0.1, -0.05) is 26.0 Å². The first-order valence-corrected chi connectivity index (χ1v) is 8.32. The highest BCUT2D eigenvalue weighted by molar-refractivity contribution is 7.99. The summed E-state index contributed by atoms with van der Waals surface area (Å²) >= 11 is 2.03. The van der Waals surface area contributed by atoms with Crippen molar-refractivity contribution in [1.82, 2.24) is 0 Å². The molecule has 1 fully saturated rings. The van der Waals surface area contributed by atoms with Crippen molar-refractivity contribution in [2.24, 2.45) is 16.1 Å². The van der Waals surface area contributed by atoms with E-state index in [1.165, 1.54) is 17.0 Å². The first-order valence-electron chi connectivity index (χ1n) is 7.17. The van der Waals surface area contributed by atoms with Gasteiger partial charge in [0, 0.05) is 11.4 Å². The second-order valence-corrected chi connectivity index (χ2v) is 7.89. The quantitative estimate of drug-likeness (QED) is 0.864. The Kier molecular flexibility index (Phi) is 3.24. The number of guanidine groups is 1. The zero-order valence-corrected chi connectivity index (χ0v) is 13.3. The Morgan fingerprint density at radius 1 is 1.30 bits per heavy atom. The monoisotopic (exact) mass is 289 g/mol. The van der Waals surface area contributed by atoms with E-state index in [0.29, 0.717) is 11.4 Å². The fraction of sp³-hybridized carbons (Fsp3) is 0.562. The van der Waals surface area contributed by atoms with Gasteiger partial charge in [-0.3, -0.25) is 4.99 Å². The van der Waals surface area contributed by atoms with Crippen LogP contribution >= 0.6 is 11.8 Å². The topological polar surface area (TPSA) is 41.6 Å². The van der Waals surface area contributed by atoms with Crippen molar-refractivity contribution in [2.75, 3.05) is 23.0 Å². The number of anilines is 1. The summed E-state index contributed by atoms with van der Waals surface area (Å²) in [7, 11) is 0. The van der Waals surface area contributed by atoms with Gasteiger partial charge in [0.25, 0.3) is 0 Å². The highest BCUT2D eigenvalue weighted by atomic mass is 32.2. The minimum absolute atomic E-state index is 0.0598. The summed E-state index contributed by atoms with van der Waals surface area (Å²) in [6, 6.07) is 8.58. The van der Waals surface area contributed by atoms with Crippen molar-refractivity contribution in [2.45, 2.75) is 32.7 Å².